The van der Waals surface area contributed by atoms with Gasteiger partial charge in [-0.05, 0) is 25.3 Å². The molecule has 1 aromatic rings. The van der Waals surface area contributed by atoms with Gasteiger partial charge < -0.3 is 15.6 Å². The van der Waals surface area contributed by atoms with Crippen LogP contribution in [0, 0.1) is 0 Å². The van der Waals surface area contributed by atoms with Crippen molar-refractivity contribution in [1.29, 1.82) is 0 Å². The van der Waals surface area contributed by atoms with Gasteiger partial charge in [-0.25, -0.2) is 4.79 Å². The summed E-state index contributed by atoms with van der Waals surface area (Å²) in [5, 5.41) is 9.35. The molecule has 1 aromatic carbocycles. The lowest BCUT2D eigenvalue weighted by molar-refractivity contribution is 0.0692. The number of carboxylic acid groups (broad SMARTS) is 1. The van der Waals surface area contributed by atoms with Crippen LogP contribution in [0.4, 0.5) is 5.69 Å². The predicted molar refractivity (Wildman–Crippen MR) is 61.3 cm³/mol. The summed E-state index contributed by atoms with van der Waals surface area (Å²) in [5.74, 6) is -0.660. The minimum atomic E-state index is -1.04. The highest BCUT2D eigenvalue weighted by molar-refractivity contribution is 6.33. The van der Waals surface area contributed by atoms with Gasteiger partial charge in [-0.3, -0.25) is 0 Å². The van der Waals surface area contributed by atoms with Crippen LogP contribution in [0.5, 0.6) is 5.75 Å². The molecule has 0 atom stereocenters. The Morgan fingerprint density at radius 3 is 2.94 bits per heavy atom. The maximum Gasteiger partial charge on any atom is 0.339 e. The molecule has 0 fully saturated rings. The van der Waals surface area contributed by atoms with E-state index in [0.717, 1.165) is 18.4 Å². The first-order valence-electron chi connectivity index (χ1n) is 5.08. The maximum absolute atomic E-state index is 11.1. The molecule has 0 aromatic heterocycles. The quantitative estimate of drug-likeness (QED) is 0.741. The molecule has 0 unspecified atom stereocenters. The van der Waals surface area contributed by atoms with Crippen molar-refractivity contribution in [3.05, 3.63) is 22.2 Å². The van der Waals surface area contributed by atoms with E-state index in [1.54, 1.807) is 0 Å². The topological polar surface area (TPSA) is 72.6 Å². The van der Waals surface area contributed by atoms with Gasteiger partial charge in [0, 0.05) is 5.56 Å². The summed E-state index contributed by atoms with van der Waals surface area (Å²) in [6, 6.07) is 1.35. The van der Waals surface area contributed by atoms with E-state index in [0.29, 0.717) is 24.5 Å². The monoisotopic (exact) mass is 241 g/mol. The normalized spacial score (nSPS) is 14.8. The summed E-state index contributed by atoms with van der Waals surface area (Å²) in [7, 11) is 0. The number of hydrogen-bond donors (Lipinski definition) is 2. The second-order valence-electron chi connectivity index (χ2n) is 3.74. The van der Waals surface area contributed by atoms with Crippen molar-refractivity contribution < 1.29 is 14.6 Å². The molecule has 0 saturated carbocycles. The van der Waals surface area contributed by atoms with Gasteiger partial charge in [0.2, 0.25) is 0 Å². The van der Waals surface area contributed by atoms with Crippen LogP contribution < -0.4 is 10.5 Å². The Balaban J connectivity index is 2.64. The van der Waals surface area contributed by atoms with Crippen LogP contribution in [-0.4, -0.2) is 17.7 Å². The van der Waals surface area contributed by atoms with Gasteiger partial charge in [0.05, 0.1) is 17.3 Å². The average molecular weight is 242 g/mol. The van der Waals surface area contributed by atoms with E-state index in [4.69, 9.17) is 27.2 Å². The summed E-state index contributed by atoms with van der Waals surface area (Å²) in [6.07, 6.45) is 2.53. The third-order valence-electron chi connectivity index (χ3n) is 2.67. The third kappa shape index (κ3) is 1.80. The number of halogens is 1. The summed E-state index contributed by atoms with van der Waals surface area (Å²) in [6.45, 7) is 0.522. The molecule has 1 heterocycles. The first-order valence-corrected chi connectivity index (χ1v) is 5.46. The summed E-state index contributed by atoms with van der Waals surface area (Å²) < 4.78 is 5.46. The Hall–Kier alpha value is -1.42. The fraction of sp³-hybridized carbons (Fsp3) is 0.364. The standard InChI is InChI=1S/C11H12ClNO3/c12-8-5-7(11(14)15)10-6(9(8)13)3-1-2-4-16-10/h5H,1-4,13H2,(H,14,15). The number of benzene rings is 1. The number of rotatable bonds is 1. The molecule has 1 aliphatic rings. The lowest BCUT2D eigenvalue weighted by Gasteiger charge is -2.13. The smallest absolute Gasteiger partial charge is 0.339 e. The maximum atomic E-state index is 11.1. The van der Waals surface area contributed by atoms with Gasteiger partial charge in [-0.2, -0.15) is 0 Å². The number of nitrogens with two attached hydrogens (primary N) is 1. The molecule has 86 valence electrons. The number of anilines is 1. The number of hydrogen-bond acceptors (Lipinski definition) is 3. The highest BCUT2D eigenvalue weighted by Crippen LogP contribution is 2.37. The molecule has 4 nitrogen and oxygen atoms in total. The van der Waals surface area contributed by atoms with E-state index in [-0.39, 0.29) is 10.6 Å². The molecule has 0 amide bonds. The van der Waals surface area contributed by atoms with E-state index in [2.05, 4.69) is 0 Å². The largest absolute Gasteiger partial charge is 0.492 e. The zero-order chi connectivity index (χ0) is 11.7. The Morgan fingerprint density at radius 1 is 1.50 bits per heavy atom. The molecule has 0 spiro atoms. The van der Waals surface area contributed by atoms with Gasteiger partial charge in [-0.15, -0.1) is 0 Å². The molecule has 0 saturated heterocycles. The molecular formula is C11H12ClNO3. The van der Waals surface area contributed by atoms with E-state index in [9.17, 15) is 4.79 Å². The molecule has 1 aliphatic heterocycles. The number of ether oxygens (including phenoxy) is 1. The van der Waals surface area contributed by atoms with Crippen molar-refractivity contribution in [1.82, 2.24) is 0 Å². The van der Waals surface area contributed by atoms with Gasteiger partial charge in [-0.1, -0.05) is 11.6 Å². The molecule has 2 rings (SSSR count). The van der Waals surface area contributed by atoms with Crippen LogP contribution in [0.3, 0.4) is 0 Å². The fourth-order valence-corrected chi connectivity index (χ4v) is 2.07. The minimum Gasteiger partial charge on any atom is -0.492 e. The Morgan fingerprint density at radius 2 is 2.25 bits per heavy atom. The number of aromatic carboxylic acids is 1. The Bertz CT molecular complexity index is 445. The third-order valence-corrected chi connectivity index (χ3v) is 2.98. The fourth-order valence-electron chi connectivity index (χ4n) is 1.85. The summed E-state index contributed by atoms with van der Waals surface area (Å²) in [4.78, 5) is 11.1. The molecule has 5 heteroatoms. The predicted octanol–water partition coefficient (Wildman–Crippen LogP) is 2.34. The van der Waals surface area contributed by atoms with Crippen molar-refractivity contribution in [3.8, 4) is 5.75 Å². The number of fused-ring (bicyclic) bond motifs is 1. The zero-order valence-electron chi connectivity index (χ0n) is 8.62. The zero-order valence-corrected chi connectivity index (χ0v) is 9.38. The lowest BCUT2D eigenvalue weighted by atomic mass is 10.0. The molecule has 3 N–H and O–H groups in total. The van der Waals surface area contributed by atoms with Crippen molar-refractivity contribution in [2.75, 3.05) is 12.3 Å². The second-order valence-corrected chi connectivity index (χ2v) is 4.15. The summed E-state index contributed by atoms with van der Waals surface area (Å²) in [5.41, 5.74) is 7.09. The molecule has 16 heavy (non-hydrogen) atoms. The van der Waals surface area contributed by atoms with Crippen LogP contribution in [0.1, 0.15) is 28.8 Å². The Kier molecular flexibility index (Phi) is 2.92. The number of nitrogen functional groups attached to an aromatic ring is 1. The summed E-state index contributed by atoms with van der Waals surface area (Å²) >= 11 is 5.90. The number of carboxylic acids is 1. The molecule has 0 radical (unpaired) electrons. The van der Waals surface area contributed by atoms with Crippen molar-refractivity contribution in [2.24, 2.45) is 0 Å². The SMILES string of the molecule is Nc1c(Cl)cc(C(=O)O)c2c1CCCCO2. The van der Waals surface area contributed by atoms with Gasteiger partial charge in [0.25, 0.3) is 0 Å². The van der Waals surface area contributed by atoms with Crippen LogP contribution in [0.2, 0.25) is 5.02 Å². The highest BCUT2D eigenvalue weighted by Gasteiger charge is 2.22. The van der Waals surface area contributed by atoms with Crippen molar-refractivity contribution in [2.45, 2.75) is 19.3 Å². The van der Waals surface area contributed by atoms with Gasteiger partial charge >= 0.3 is 5.97 Å². The van der Waals surface area contributed by atoms with Crippen molar-refractivity contribution in [3.63, 3.8) is 0 Å². The Labute approximate surface area is 98.0 Å². The van der Waals surface area contributed by atoms with E-state index >= 15 is 0 Å². The van der Waals surface area contributed by atoms with Gasteiger partial charge in [0.15, 0.2) is 0 Å². The molecular weight excluding hydrogens is 230 g/mol. The first kappa shape index (κ1) is 11.1. The molecule has 0 aliphatic carbocycles. The highest BCUT2D eigenvalue weighted by atomic mass is 35.5. The second kappa shape index (κ2) is 4.22. The van der Waals surface area contributed by atoms with E-state index in [1.807, 2.05) is 0 Å². The van der Waals surface area contributed by atoms with E-state index in [1.165, 1.54) is 6.07 Å². The van der Waals surface area contributed by atoms with Gasteiger partial charge in [0.1, 0.15) is 11.3 Å². The lowest BCUT2D eigenvalue weighted by Crippen LogP contribution is -2.07. The average Bonchev–Trinajstić information content (AvgIpc) is 2.48. The molecule has 0 bridgehead atoms. The number of carbonyl (C=O) groups is 1. The van der Waals surface area contributed by atoms with Crippen LogP contribution in [0.25, 0.3) is 0 Å². The first-order chi connectivity index (χ1) is 7.61. The van der Waals surface area contributed by atoms with Crippen LogP contribution >= 0.6 is 11.6 Å². The van der Waals surface area contributed by atoms with Crippen molar-refractivity contribution >= 4 is 23.3 Å². The van der Waals surface area contributed by atoms with Crippen LogP contribution in [-0.2, 0) is 6.42 Å². The van der Waals surface area contributed by atoms with Crippen LogP contribution in [0.15, 0.2) is 6.07 Å². The van der Waals surface area contributed by atoms with E-state index < -0.39 is 5.97 Å². The minimum absolute atomic E-state index is 0.0936.